The minimum atomic E-state index is -0.346. The number of carbonyl (C=O) groups excluding carboxylic acids is 2. The van der Waals surface area contributed by atoms with E-state index in [0.717, 1.165) is 30.5 Å². The molecule has 5 atom stereocenters. The molecule has 1 aromatic rings. The molecule has 2 aliphatic heterocycles. The number of hydrogen-bond acceptors (Lipinski definition) is 4. The molecule has 5 unspecified atom stereocenters. The van der Waals surface area contributed by atoms with Crippen LogP contribution in [0.15, 0.2) is 35.6 Å². The van der Waals surface area contributed by atoms with Crippen LogP contribution >= 0.6 is 0 Å². The Morgan fingerprint density at radius 2 is 1.72 bits per heavy atom. The molecular weight excluding hydrogens is 364 g/mol. The van der Waals surface area contributed by atoms with Crippen molar-refractivity contribution < 1.29 is 14.3 Å². The van der Waals surface area contributed by atoms with Crippen molar-refractivity contribution in [2.24, 2.45) is 17.8 Å². The quantitative estimate of drug-likeness (QED) is 0.783. The van der Waals surface area contributed by atoms with E-state index in [0.29, 0.717) is 29.7 Å². The number of aryl methyl sites for hydroxylation is 1. The lowest BCUT2D eigenvalue weighted by Gasteiger charge is -2.40. The standard InChI is InChI=1S/C24H32N2O3/c1-14-6-8-17(9-7-14)21-20-22(27)18-12-15(2)16(3)13-19(18)29-23(20)24(28)26(21)11-10-25(4)5/h6-9,15-16,18-19,21H,10-13H2,1-5H3. The van der Waals surface area contributed by atoms with E-state index in [2.05, 4.69) is 18.7 Å². The molecular formula is C24H32N2O3. The van der Waals surface area contributed by atoms with Crippen molar-refractivity contribution in [2.75, 3.05) is 27.2 Å². The average molecular weight is 397 g/mol. The number of amides is 1. The highest BCUT2D eigenvalue weighted by atomic mass is 16.5. The van der Waals surface area contributed by atoms with Crippen molar-refractivity contribution in [1.29, 1.82) is 0 Å². The number of ketones is 1. The summed E-state index contributed by atoms with van der Waals surface area (Å²) < 4.78 is 6.28. The largest absolute Gasteiger partial charge is 0.483 e. The lowest BCUT2D eigenvalue weighted by atomic mass is 9.70. The number of benzene rings is 1. The van der Waals surface area contributed by atoms with Crippen molar-refractivity contribution in [3.63, 3.8) is 0 Å². The second kappa shape index (κ2) is 7.60. The van der Waals surface area contributed by atoms with Gasteiger partial charge in [-0.05, 0) is 51.3 Å². The summed E-state index contributed by atoms with van der Waals surface area (Å²) in [6.45, 7) is 7.79. The van der Waals surface area contributed by atoms with Gasteiger partial charge in [0.2, 0.25) is 0 Å². The van der Waals surface area contributed by atoms with Gasteiger partial charge in [-0.3, -0.25) is 9.59 Å². The van der Waals surface area contributed by atoms with Crippen molar-refractivity contribution in [1.82, 2.24) is 9.80 Å². The van der Waals surface area contributed by atoms with Crippen LogP contribution in [0.5, 0.6) is 0 Å². The summed E-state index contributed by atoms with van der Waals surface area (Å²) in [6, 6.07) is 7.82. The van der Waals surface area contributed by atoms with Crippen LogP contribution in [0, 0.1) is 24.7 Å². The molecule has 3 aliphatic rings. The third kappa shape index (κ3) is 3.50. The lowest BCUT2D eigenvalue weighted by molar-refractivity contribution is -0.137. The van der Waals surface area contributed by atoms with Gasteiger partial charge in [0, 0.05) is 13.1 Å². The normalized spacial score (nSPS) is 31.8. The summed E-state index contributed by atoms with van der Waals surface area (Å²) in [5.41, 5.74) is 2.73. The SMILES string of the molecule is Cc1ccc(C2C3=C(OC4CC(C)C(C)CC4C3=O)C(=O)N2CCN(C)C)cc1. The molecule has 0 saturated heterocycles. The average Bonchev–Trinajstić information content (AvgIpc) is 2.95. The summed E-state index contributed by atoms with van der Waals surface area (Å²) in [4.78, 5) is 30.9. The Morgan fingerprint density at radius 1 is 1.07 bits per heavy atom. The first-order valence-corrected chi connectivity index (χ1v) is 10.7. The van der Waals surface area contributed by atoms with Crippen LogP contribution in [0.3, 0.4) is 0 Å². The zero-order valence-corrected chi connectivity index (χ0v) is 18.1. The molecule has 5 nitrogen and oxygen atoms in total. The van der Waals surface area contributed by atoms with Crippen molar-refractivity contribution >= 4 is 11.7 Å². The maximum Gasteiger partial charge on any atom is 0.290 e. The monoisotopic (exact) mass is 396 g/mol. The second-order valence-electron chi connectivity index (χ2n) is 9.41. The van der Waals surface area contributed by atoms with E-state index < -0.39 is 0 Å². The number of likely N-dealkylation sites (N-methyl/N-ethyl adjacent to an activating group) is 1. The third-order valence-electron chi connectivity index (χ3n) is 6.99. The van der Waals surface area contributed by atoms with E-state index in [1.165, 1.54) is 0 Å². The van der Waals surface area contributed by atoms with E-state index >= 15 is 0 Å². The number of Topliss-reactive ketones (excluding diaryl/α,β-unsaturated/α-hetero) is 1. The van der Waals surface area contributed by atoms with Crippen LogP contribution in [-0.2, 0) is 14.3 Å². The smallest absolute Gasteiger partial charge is 0.290 e. The molecule has 1 fully saturated rings. The molecule has 156 valence electrons. The van der Waals surface area contributed by atoms with Gasteiger partial charge in [0.15, 0.2) is 11.5 Å². The highest BCUT2D eigenvalue weighted by Crippen LogP contribution is 2.48. The summed E-state index contributed by atoms with van der Waals surface area (Å²) in [7, 11) is 3.99. The molecule has 1 saturated carbocycles. The molecule has 0 radical (unpaired) electrons. The number of hydrogen-bond donors (Lipinski definition) is 0. The Labute approximate surface area is 173 Å². The highest BCUT2D eigenvalue weighted by molar-refractivity contribution is 6.11. The number of rotatable bonds is 4. The first-order chi connectivity index (χ1) is 13.8. The number of nitrogens with zero attached hydrogens (tertiary/aromatic N) is 2. The summed E-state index contributed by atoms with van der Waals surface area (Å²) in [5, 5.41) is 0. The minimum Gasteiger partial charge on any atom is -0.483 e. The Morgan fingerprint density at radius 3 is 2.38 bits per heavy atom. The highest BCUT2D eigenvalue weighted by Gasteiger charge is 2.53. The van der Waals surface area contributed by atoms with Gasteiger partial charge in [0.05, 0.1) is 17.5 Å². The summed E-state index contributed by atoms with van der Waals surface area (Å²) in [5.74, 6) is 1.16. The number of carbonyl (C=O) groups is 2. The second-order valence-corrected chi connectivity index (χ2v) is 9.41. The number of fused-ring (bicyclic) bond motifs is 1. The van der Waals surface area contributed by atoms with Crippen LogP contribution in [0.4, 0.5) is 0 Å². The van der Waals surface area contributed by atoms with Gasteiger partial charge >= 0.3 is 0 Å². The van der Waals surface area contributed by atoms with E-state index in [-0.39, 0.29) is 29.8 Å². The van der Waals surface area contributed by atoms with Gasteiger partial charge in [0.25, 0.3) is 5.91 Å². The van der Waals surface area contributed by atoms with Gasteiger partial charge in [-0.25, -0.2) is 0 Å². The van der Waals surface area contributed by atoms with Crippen LogP contribution in [-0.4, -0.2) is 54.8 Å². The molecule has 0 aromatic heterocycles. The maximum atomic E-state index is 13.6. The molecule has 0 spiro atoms. The molecule has 2 heterocycles. The molecule has 1 aliphatic carbocycles. The third-order valence-corrected chi connectivity index (χ3v) is 6.99. The van der Waals surface area contributed by atoms with Gasteiger partial charge in [0.1, 0.15) is 6.10 Å². The van der Waals surface area contributed by atoms with Crippen LogP contribution in [0.2, 0.25) is 0 Å². The van der Waals surface area contributed by atoms with E-state index in [1.807, 2.05) is 50.2 Å². The van der Waals surface area contributed by atoms with Crippen LogP contribution < -0.4 is 0 Å². The van der Waals surface area contributed by atoms with Crippen LogP contribution in [0.1, 0.15) is 43.9 Å². The van der Waals surface area contributed by atoms with Gasteiger partial charge < -0.3 is 14.5 Å². The topological polar surface area (TPSA) is 49.9 Å². The summed E-state index contributed by atoms with van der Waals surface area (Å²) in [6.07, 6.45) is 1.52. The van der Waals surface area contributed by atoms with Crippen molar-refractivity contribution in [3.8, 4) is 0 Å². The molecule has 4 rings (SSSR count). The lowest BCUT2D eigenvalue weighted by Crippen LogP contribution is -2.43. The van der Waals surface area contributed by atoms with E-state index in [4.69, 9.17) is 4.74 Å². The fraction of sp³-hybridized carbons (Fsp3) is 0.583. The Kier molecular flexibility index (Phi) is 5.28. The van der Waals surface area contributed by atoms with Crippen LogP contribution in [0.25, 0.3) is 0 Å². The molecule has 5 heteroatoms. The zero-order valence-electron chi connectivity index (χ0n) is 18.1. The Balaban J connectivity index is 1.74. The summed E-state index contributed by atoms with van der Waals surface area (Å²) >= 11 is 0. The Hall–Kier alpha value is -2.14. The molecule has 1 amide bonds. The molecule has 1 aromatic carbocycles. The van der Waals surface area contributed by atoms with Crippen molar-refractivity contribution in [3.05, 3.63) is 46.7 Å². The Bertz CT molecular complexity index is 842. The number of ether oxygens (including phenoxy) is 1. The van der Waals surface area contributed by atoms with Gasteiger partial charge in [-0.1, -0.05) is 43.7 Å². The first-order valence-electron chi connectivity index (χ1n) is 10.7. The molecule has 0 N–H and O–H groups in total. The van der Waals surface area contributed by atoms with E-state index in [1.54, 1.807) is 0 Å². The predicted octanol–water partition coefficient (Wildman–Crippen LogP) is 3.34. The zero-order chi connectivity index (χ0) is 20.9. The first kappa shape index (κ1) is 20.1. The van der Waals surface area contributed by atoms with Gasteiger partial charge in [-0.2, -0.15) is 0 Å². The molecule has 29 heavy (non-hydrogen) atoms. The van der Waals surface area contributed by atoms with Gasteiger partial charge in [-0.15, -0.1) is 0 Å². The maximum absolute atomic E-state index is 13.6. The predicted molar refractivity (Wildman–Crippen MR) is 112 cm³/mol. The molecule has 0 bridgehead atoms. The minimum absolute atomic E-state index is 0.126. The fourth-order valence-electron chi connectivity index (χ4n) is 4.94. The van der Waals surface area contributed by atoms with E-state index in [9.17, 15) is 9.59 Å². The van der Waals surface area contributed by atoms with Crippen molar-refractivity contribution in [2.45, 2.75) is 45.8 Å². The fourth-order valence-corrected chi connectivity index (χ4v) is 4.94.